The molecule has 0 aliphatic rings. The van der Waals surface area contributed by atoms with E-state index in [-0.39, 0.29) is 18.7 Å². The van der Waals surface area contributed by atoms with E-state index < -0.39 is 5.97 Å². The number of ether oxygens (including phenoxy) is 3. The Kier molecular flexibility index (Phi) is 7.02. The van der Waals surface area contributed by atoms with Crippen LogP contribution in [0, 0.1) is 0 Å². The van der Waals surface area contributed by atoms with Crippen LogP contribution in [-0.4, -0.2) is 33.2 Å². The summed E-state index contributed by atoms with van der Waals surface area (Å²) in [6.45, 7) is 0.352. The summed E-state index contributed by atoms with van der Waals surface area (Å²) in [4.78, 5) is 25.8. The third-order valence-corrected chi connectivity index (χ3v) is 3.91. The van der Waals surface area contributed by atoms with Crippen LogP contribution in [0.5, 0.6) is 11.5 Å². The van der Waals surface area contributed by atoms with Crippen LogP contribution in [0.2, 0.25) is 0 Å². The van der Waals surface area contributed by atoms with Crippen LogP contribution in [0.25, 0.3) is 0 Å². The van der Waals surface area contributed by atoms with Gasteiger partial charge in [0.1, 0.15) is 11.5 Å². The summed E-state index contributed by atoms with van der Waals surface area (Å²) in [5.74, 6) is 0.783. The van der Waals surface area contributed by atoms with E-state index in [1.165, 1.54) is 7.11 Å². The normalized spacial score (nSPS) is 10.1. The summed E-state index contributed by atoms with van der Waals surface area (Å²) in [5.41, 5.74) is 1.61. The van der Waals surface area contributed by atoms with Crippen molar-refractivity contribution in [2.24, 2.45) is 0 Å². The SMILES string of the molecule is COC(=O)CCC(=O)N(Cc1cccc(OC)c1)c1cccc(OC)c1. The number of carbonyl (C=O) groups excluding carboxylic acids is 2. The molecule has 0 fully saturated rings. The quantitative estimate of drug-likeness (QED) is 0.679. The Bertz CT molecular complexity index is 759. The fraction of sp³-hybridized carbons (Fsp3) is 0.300. The van der Waals surface area contributed by atoms with Gasteiger partial charge in [-0.1, -0.05) is 18.2 Å². The molecule has 0 aliphatic carbocycles. The number of amides is 1. The highest BCUT2D eigenvalue weighted by Gasteiger charge is 2.18. The molecule has 138 valence electrons. The molecule has 0 aliphatic heterocycles. The summed E-state index contributed by atoms with van der Waals surface area (Å²) in [7, 11) is 4.48. The second-order valence-electron chi connectivity index (χ2n) is 5.61. The van der Waals surface area contributed by atoms with Crippen molar-refractivity contribution in [2.45, 2.75) is 19.4 Å². The highest BCUT2D eigenvalue weighted by Crippen LogP contribution is 2.25. The van der Waals surface area contributed by atoms with E-state index in [1.54, 1.807) is 25.2 Å². The third-order valence-electron chi connectivity index (χ3n) is 3.91. The highest BCUT2D eigenvalue weighted by atomic mass is 16.5. The lowest BCUT2D eigenvalue weighted by Gasteiger charge is -2.23. The average Bonchev–Trinajstić information content (AvgIpc) is 2.70. The van der Waals surface area contributed by atoms with Gasteiger partial charge in [0.15, 0.2) is 0 Å². The van der Waals surface area contributed by atoms with E-state index >= 15 is 0 Å². The lowest BCUT2D eigenvalue weighted by Crippen LogP contribution is -2.30. The zero-order valence-electron chi connectivity index (χ0n) is 15.2. The average molecular weight is 357 g/mol. The first-order valence-corrected chi connectivity index (χ1v) is 8.21. The summed E-state index contributed by atoms with van der Waals surface area (Å²) < 4.78 is 15.1. The minimum atomic E-state index is -0.412. The standard InChI is InChI=1S/C20H23NO5/c1-24-17-8-4-6-15(12-17)14-21(19(22)10-11-20(23)26-3)16-7-5-9-18(13-16)25-2/h4-9,12-13H,10-11,14H2,1-3H3. The van der Waals surface area contributed by atoms with Crippen LogP contribution in [0.4, 0.5) is 5.69 Å². The fourth-order valence-electron chi connectivity index (χ4n) is 2.50. The molecule has 6 heteroatoms. The van der Waals surface area contributed by atoms with E-state index in [0.717, 1.165) is 11.3 Å². The number of hydrogen-bond acceptors (Lipinski definition) is 5. The first kappa shape index (κ1) is 19.3. The molecule has 0 atom stereocenters. The van der Waals surface area contributed by atoms with Gasteiger partial charge in [0.2, 0.25) is 5.91 Å². The van der Waals surface area contributed by atoms with Crippen LogP contribution in [0.3, 0.4) is 0 Å². The van der Waals surface area contributed by atoms with Gasteiger partial charge in [-0.15, -0.1) is 0 Å². The highest BCUT2D eigenvalue weighted by molar-refractivity contribution is 5.95. The molecule has 2 aromatic carbocycles. The van der Waals surface area contributed by atoms with Crippen molar-refractivity contribution >= 4 is 17.6 Å². The molecule has 26 heavy (non-hydrogen) atoms. The zero-order valence-corrected chi connectivity index (χ0v) is 15.2. The van der Waals surface area contributed by atoms with Crippen molar-refractivity contribution in [1.82, 2.24) is 0 Å². The van der Waals surface area contributed by atoms with Crippen LogP contribution in [0.1, 0.15) is 18.4 Å². The first-order chi connectivity index (χ1) is 12.6. The molecule has 0 bridgehead atoms. The summed E-state index contributed by atoms with van der Waals surface area (Å²) >= 11 is 0. The Balaban J connectivity index is 2.27. The minimum absolute atomic E-state index is 0.0356. The largest absolute Gasteiger partial charge is 0.497 e. The van der Waals surface area contributed by atoms with Gasteiger partial charge >= 0.3 is 5.97 Å². The molecule has 0 radical (unpaired) electrons. The molecule has 0 spiro atoms. The molecule has 2 rings (SSSR count). The number of carbonyl (C=O) groups is 2. The Labute approximate surface area is 153 Å². The topological polar surface area (TPSA) is 65.1 Å². The predicted octanol–water partition coefficient (Wildman–Crippen LogP) is 3.19. The van der Waals surface area contributed by atoms with Crippen molar-refractivity contribution in [3.63, 3.8) is 0 Å². The maximum Gasteiger partial charge on any atom is 0.306 e. The fourth-order valence-corrected chi connectivity index (χ4v) is 2.50. The molecule has 0 N–H and O–H groups in total. The number of rotatable bonds is 8. The van der Waals surface area contributed by atoms with Gasteiger partial charge in [0.05, 0.1) is 34.3 Å². The second-order valence-corrected chi connectivity index (χ2v) is 5.61. The second kappa shape index (κ2) is 9.46. The maximum absolute atomic E-state index is 12.8. The molecule has 0 unspecified atom stereocenters. The van der Waals surface area contributed by atoms with Crippen molar-refractivity contribution in [1.29, 1.82) is 0 Å². The number of benzene rings is 2. The minimum Gasteiger partial charge on any atom is -0.497 e. The molecule has 2 aromatic rings. The molecule has 1 amide bonds. The van der Waals surface area contributed by atoms with E-state index in [2.05, 4.69) is 4.74 Å². The van der Waals surface area contributed by atoms with E-state index in [0.29, 0.717) is 18.0 Å². The van der Waals surface area contributed by atoms with Gasteiger partial charge in [-0.3, -0.25) is 9.59 Å². The number of hydrogen-bond donors (Lipinski definition) is 0. The van der Waals surface area contributed by atoms with Crippen LogP contribution >= 0.6 is 0 Å². The molecule has 0 heterocycles. The van der Waals surface area contributed by atoms with Gasteiger partial charge in [0, 0.05) is 18.2 Å². The Hall–Kier alpha value is -3.02. The molecule has 0 saturated carbocycles. The number of nitrogens with zero attached hydrogens (tertiary/aromatic N) is 1. The number of methoxy groups -OCH3 is 3. The molecule has 0 aromatic heterocycles. The Morgan fingerprint density at radius 3 is 2.19 bits per heavy atom. The van der Waals surface area contributed by atoms with Crippen LogP contribution < -0.4 is 14.4 Å². The van der Waals surface area contributed by atoms with Crippen LogP contribution in [0.15, 0.2) is 48.5 Å². The monoisotopic (exact) mass is 357 g/mol. The van der Waals surface area contributed by atoms with Gasteiger partial charge in [-0.05, 0) is 29.8 Å². The van der Waals surface area contributed by atoms with Crippen molar-refractivity contribution < 1.29 is 23.8 Å². The number of esters is 1. The van der Waals surface area contributed by atoms with Gasteiger partial charge in [-0.25, -0.2) is 0 Å². The van der Waals surface area contributed by atoms with Crippen molar-refractivity contribution in [3.05, 3.63) is 54.1 Å². The summed E-state index contributed by atoms with van der Waals surface area (Å²) in [6, 6.07) is 14.8. The Morgan fingerprint density at radius 1 is 0.885 bits per heavy atom. The number of anilines is 1. The molecule has 0 saturated heterocycles. The predicted molar refractivity (Wildman–Crippen MR) is 98.4 cm³/mol. The maximum atomic E-state index is 12.8. The first-order valence-electron chi connectivity index (χ1n) is 8.21. The zero-order chi connectivity index (χ0) is 18.9. The van der Waals surface area contributed by atoms with Gasteiger partial charge < -0.3 is 19.1 Å². The van der Waals surface area contributed by atoms with Crippen molar-refractivity contribution in [3.8, 4) is 11.5 Å². The third kappa shape index (κ3) is 5.24. The van der Waals surface area contributed by atoms with E-state index in [9.17, 15) is 9.59 Å². The lowest BCUT2D eigenvalue weighted by atomic mass is 10.1. The summed E-state index contributed by atoms with van der Waals surface area (Å²) in [5, 5.41) is 0. The molecule has 6 nitrogen and oxygen atoms in total. The van der Waals surface area contributed by atoms with Crippen LogP contribution in [-0.2, 0) is 20.9 Å². The molecular weight excluding hydrogens is 334 g/mol. The van der Waals surface area contributed by atoms with E-state index in [1.807, 2.05) is 42.5 Å². The van der Waals surface area contributed by atoms with Gasteiger partial charge in [-0.2, -0.15) is 0 Å². The molecular formula is C20H23NO5. The Morgan fingerprint density at radius 2 is 1.54 bits per heavy atom. The smallest absolute Gasteiger partial charge is 0.306 e. The lowest BCUT2D eigenvalue weighted by molar-refractivity contribution is -0.141. The summed E-state index contributed by atoms with van der Waals surface area (Å²) in [6.07, 6.45) is 0.0990. The van der Waals surface area contributed by atoms with Gasteiger partial charge in [0.25, 0.3) is 0 Å². The van der Waals surface area contributed by atoms with Crippen molar-refractivity contribution in [2.75, 3.05) is 26.2 Å². The van der Waals surface area contributed by atoms with E-state index in [4.69, 9.17) is 9.47 Å².